The minimum atomic E-state index is 0.177. The number of benzene rings is 1. The molecule has 14 heavy (non-hydrogen) atoms. The Kier molecular flexibility index (Phi) is 4.17. The van der Waals surface area contributed by atoms with Gasteiger partial charge >= 0.3 is 0 Å². The third kappa shape index (κ3) is 2.87. The van der Waals surface area contributed by atoms with Crippen LogP contribution in [0.4, 0.5) is 0 Å². The van der Waals surface area contributed by atoms with Crippen molar-refractivity contribution in [3.8, 4) is 5.75 Å². The van der Waals surface area contributed by atoms with E-state index in [-0.39, 0.29) is 5.78 Å². The number of carbonyl (C=O) groups is 1. The Morgan fingerprint density at radius 3 is 2.50 bits per heavy atom. The van der Waals surface area contributed by atoms with Crippen LogP contribution in [0, 0.1) is 6.92 Å². The average molecular weight is 191 g/mol. The quantitative estimate of drug-likeness (QED) is 0.669. The van der Waals surface area contributed by atoms with Gasteiger partial charge in [0.25, 0.3) is 0 Å². The van der Waals surface area contributed by atoms with Crippen LogP contribution in [0.1, 0.15) is 29.6 Å². The zero-order valence-corrected chi connectivity index (χ0v) is 8.45. The minimum absolute atomic E-state index is 0.177. The van der Waals surface area contributed by atoms with Gasteiger partial charge in [0.1, 0.15) is 5.75 Å². The van der Waals surface area contributed by atoms with Gasteiger partial charge in [-0.25, -0.2) is 0 Å². The van der Waals surface area contributed by atoms with E-state index in [0.29, 0.717) is 6.42 Å². The maximum atomic E-state index is 11.5. The zero-order valence-electron chi connectivity index (χ0n) is 8.45. The van der Waals surface area contributed by atoms with Gasteiger partial charge in [-0.2, -0.15) is 0 Å². The predicted molar refractivity (Wildman–Crippen MR) is 56.5 cm³/mol. The van der Waals surface area contributed by atoms with E-state index in [1.54, 1.807) is 31.4 Å². The largest absolute Gasteiger partial charge is 0.497 e. The van der Waals surface area contributed by atoms with Crippen LogP contribution in [0.5, 0.6) is 5.75 Å². The molecule has 0 spiro atoms. The second kappa shape index (κ2) is 5.43. The van der Waals surface area contributed by atoms with E-state index in [2.05, 4.69) is 6.92 Å². The van der Waals surface area contributed by atoms with E-state index in [1.807, 2.05) is 0 Å². The minimum Gasteiger partial charge on any atom is -0.497 e. The van der Waals surface area contributed by atoms with E-state index >= 15 is 0 Å². The summed E-state index contributed by atoms with van der Waals surface area (Å²) in [4.78, 5) is 11.5. The second-order valence-corrected chi connectivity index (χ2v) is 3.11. The smallest absolute Gasteiger partial charge is 0.162 e. The van der Waals surface area contributed by atoms with Crippen LogP contribution >= 0.6 is 0 Å². The number of ketones is 1. The Morgan fingerprint density at radius 1 is 1.36 bits per heavy atom. The number of unbranched alkanes of at least 4 members (excludes halogenated alkanes) is 1. The summed E-state index contributed by atoms with van der Waals surface area (Å²) in [7, 11) is 1.61. The van der Waals surface area contributed by atoms with Crippen LogP contribution in [-0.4, -0.2) is 12.9 Å². The molecule has 2 heteroatoms. The fourth-order valence-corrected chi connectivity index (χ4v) is 1.21. The van der Waals surface area contributed by atoms with Gasteiger partial charge < -0.3 is 4.74 Å². The van der Waals surface area contributed by atoms with Gasteiger partial charge in [0.05, 0.1) is 7.11 Å². The summed E-state index contributed by atoms with van der Waals surface area (Å²) < 4.78 is 5.01. The molecule has 1 aromatic carbocycles. The Labute approximate surface area is 84.9 Å². The summed E-state index contributed by atoms with van der Waals surface area (Å²) >= 11 is 0. The topological polar surface area (TPSA) is 26.3 Å². The highest BCUT2D eigenvalue weighted by molar-refractivity contribution is 5.96. The lowest BCUT2D eigenvalue weighted by Crippen LogP contribution is -1.98. The number of ether oxygens (including phenoxy) is 1. The van der Waals surface area contributed by atoms with Gasteiger partial charge in [-0.05, 0) is 30.7 Å². The third-order valence-electron chi connectivity index (χ3n) is 2.07. The molecule has 75 valence electrons. The number of hydrogen-bond donors (Lipinski definition) is 0. The highest BCUT2D eigenvalue weighted by Crippen LogP contribution is 2.13. The Hall–Kier alpha value is -1.31. The van der Waals surface area contributed by atoms with E-state index in [1.165, 1.54) is 0 Å². The number of hydrogen-bond acceptors (Lipinski definition) is 2. The first kappa shape index (κ1) is 10.8. The summed E-state index contributed by atoms with van der Waals surface area (Å²) in [5, 5.41) is 0. The monoisotopic (exact) mass is 191 g/mol. The molecule has 0 aliphatic carbocycles. The van der Waals surface area contributed by atoms with Crippen molar-refractivity contribution in [2.24, 2.45) is 0 Å². The Balaban J connectivity index is 2.62. The molecule has 0 amide bonds. The van der Waals surface area contributed by atoms with Gasteiger partial charge in [-0.1, -0.05) is 13.3 Å². The molecule has 1 rings (SSSR count). The Morgan fingerprint density at radius 2 is 2.00 bits per heavy atom. The van der Waals surface area contributed by atoms with Gasteiger partial charge in [0.2, 0.25) is 0 Å². The van der Waals surface area contributed by atoms with Gasteiger partial charge in [0.15, 0.2) is 5.78 Å². The van der Waals surface area contributed by atoms with Crippen molar-refractivity contribution < 1.29 is 9.53 Å². The molecule has 0 fully saturated rings. The van der Waals surface area contributed by atoms with Crippen molar-refractivity contribution in [3.05, 3.63) is 36.8 Å². The SMILES string of the molecule is [CH2]CCCC(=O)c1ccc(OC)cc1. The molecule has 0 aromatic heterocycles. The molecule has 0 saturated carbocycles. The number of Topliss-reactive ketones (excluding diaryl/α,β-unsaturated/α-hetero) is 1. The molecule has 0 aliphatic heterocycles. The summed E-state index contributed by atoms with van der Waals surface area (Å²) in [6.07, 6.45) is 2.24. The fourth-order valence-electron chi connectivity index (χ4n) is 1.21. The Bertz CT molecular complexity index is 288. The van der Waals surface area contributed by atoms with Crippen LogP contribution in [0.2, 0.25) is 0 Å². The summed E-state index contributed by atoms with van der Waals surface area (Å²) in [5.74, 6) is 0.954. The number of methoxy groups -OCH3 is 1. The van der Waals surface area contributed by atoms with E-state index < -0.39 is 0 Å². The maximum absolute atomic E-state index is 11.5. The van der Waals surface area contributed by atoms with Crippen LogP contribution < -0.4 is 4.74 Å². The molecule has 0 saturated heterocycles. The lowest BCUT2D eigenvalue weighted by molar-refractivity contribution is 0.0980. The summed E-state index contributed by atoms with van der Waals surface area (Å²) in [6.45, 7) is 3.71. The van der Waals surface area contributed by atoms with Crippen LogP contribution in [0.3, 0.4) is 0 Å². The van der Waals surface area contributed by atoms with Gasteiger partial charge in [-0.3, -0.25) is 4.79 Å². The molecule has 0 aliphatic rings. The maximum Gasteiger partial charge on any atom is 0.162 e. The summed E-state index contributed by atoms with van der Waals surface area (Å²) in [5.41, 5.74) is 0.749. The van der Waals surface area contributed by atoms with Crippen molar-refractivity contribution >= 4 is 5.78 Å². The molecule has 0 bridgehead atoms. The molecule has 0 heterocycles. The van der Waals surface area contributed by atoms with Crippen molar-refractivity contribution in [3.63, 3.8) is 0 Å². The average Bonchev–Trinajstić information content (AvgIpc) is 2.26. The van der Waals surface area contributed by atoms with E-state index in [4.69, 9.17) is 4.74 Å². The summed E-state index contributed by atoms with van der Waals surface area (Å²) in [6, 6.07) is 7.20. The normalized spacial score (nSPS) is 9.86. The lowest BCUT2D eigenvalue weighted by Gasteiger charge is -2.02. The van der Waals surface area contributed by atoms with Crippen LogP contribution in [-0.2, 0) is 0 Å². The fraction of sp³-hybridized carbons (Fsp3) is 0.333. The van der Waals surface area contributed by atoms with Crippen LogP contribution in [0.25, 0.3) is 0 Å². The molecule has 1 radical (unpaired) electrons. The van der Waals surface area contributed by atoms with Crippen molar-refractivity contribution in [1.29, 1.82) is 0 Å². The zero-order chi connectivity index (χ0) is 10.4. The lowest BCUT2D eigenvalue weighted by atomic mass is 10.1. The number of rotatable bonds is 5. The molecule has 1 aromatic rings. The van der Waals surface area contributed by atoms with Crippen molar-refractivity contribution in [1.82, 2.24) is 0 Å². The number of carbonyl (C=O) groups excluding carboxylic acids is 1. The second-order valence-electron chi connectivity index (χ2n) is 3.11. The van der Waals surface area contributed by atoms with E-state index in [0.717, 1.165) is 24.2 Å². The standard InChI is InChI=1S/C12H15O2/c1-3-4-5-12(13)10-6-8-11(14-2)9-7-10/h6-9H,1,3-5H2,2H3. The molecular formula is C12H15O2. The molecule has 0 atom stereocenters. The van der Waals surface area contributed by atoms with Crippen molar-refractivity contribution in [2.75, 3.05) is 7.11 Å². The van der Waals surface area contributed by atoms with E-state index in [9.17, 15) is 4.79 Å². The van der Waals surface area contributed by atoms with Crippen LogP contribution in [0.15, 0.2) is 24.3 Å². The molecular weight excluding hydrogens is 176 g/mol. The predicted octanol–water partition coefficient (Wildman–Crippen LogP) is 2.88. The van der Waals surface area contributed by atoms with Gasteiger partial charge in [0, 0.05) is 12.0 Å². The third-order valence-corrected chi connectivity index (χ3v) is 2.07. The highest BCUT2D eigenvalue weighted by atomic mass is 16.5. The first-order chi connectivity index (χ1) is 6.77. The molecule has 0 unspecified atom stereocenters. The molecule has 2 nitrogen and oxygen atoms in total. The van der Waals surface area contributed by atoms with Crippen molar-refractivity contribution in [2.45, 2.75) is 19.3 Å². The first-order valence-corrected chi connectivity index (χ1v) is 4.74. The van der Waals surface area contributed by atoms with Gasteiger partial charge in [-0.15, -0.1) is 0 Å². The highest BCUT2D eigenvalue weighted by Gasteiger charge is 2.04. The molecule has 0 N–H and O–H groups in total. The first-order valence-electron chi connectivity index (χ1n) is 4.74.